The molecule has 1 aromatic carbocycles. The van der Waals surface area contributed by atoms with E-state index in [0.29, 0.717) is 5.92 Å². The Morgan fingerprint density at radius 3 is 2.57 bits per heavy atom. The van der Waals surface area contributed by atoms with Crippen LogP contribution < -0.4 is 4.74 Å². The number of hydrogen-bond donors (Lipinski definition) is 0. The van der Waals surface area contributed by atoms with Gasteiger partial charge < -0.3 is 4.74 Å². The van der Waals surface area contributed by atoms with Gasteiger partial charge in [0.2, 0.25) is 0 Å². The Labute approximate surface area is 90.0 Å². The molecule has 1 nitrogen and oxygen atoms in total. The van der Waals surface area contributed by atoms with E-state index in [-0.39, 0.29) is 0 Å². The third-order valence-electron chi connectivity index (χ3n) is 3.00. The molecule has 1 aliphatic carbocycles. The minimum absolute atomic E-state index is 0.674. The first kappa shape index (κ1) is 9.85. The van der Waals surface area contributed by atoms with E-state index in [9.17, 15) is 0 Å². The van der Waals surface area contributed by atoms with Gasteiger partial charge in [-0.25, -0.2) is 0 Å². The molecule has 0 unspecified atom stereocenters. The Balaban J connectivity index is 2.25. The maximum absolute atomic E-state index is 6.21. The molecule has 1 aliphatic rings. The van der Waals surface area contributed by atoms with E-state index in [4.69, 9.17) is 16.3 Å². The van der Waals surface area contributed by atoms with Crippen LogP contribution in [0, 0.1) is 0 Å². The zero-order valence-electron chi connectivity index (χ0n) is 8.42. The van der Waals surface area contributed by atoms with Gasteiger partial charge in [0, 0.05) is 5.02 Å². The Morgan fingerprint density at radius 1 is 1.29 bits per heavy atom. The van der Waals surface area contributed by atoms with E-state index in [1.54, 1.807) is 7.11 Å². The molecule has 1 aromatic rings. The summed E-state index contributed by atoms with van der Waals surface area (Å²) in [7, 11) is 1.67. The van der Waals surface area contributed by atoms with Gasteiger partial charge in [0.15, 0.2) is 0 Å². The fourth-order valence-corrected chi connectivity index (χ4v) is 2.53. The van der Waals surface area contributed by atoms with Crippen LogP contribution in [0.25, 0.3) is 0 Å². The van der Waals surface area contributed by atoms with Crippen LogP contribution in [0.15, 0.2) is 18.2 Å². The van der Waals surface area contributed by atoms with Crippen LogP contribution in [-0.4, -0.2) is 7.11 Å². The second kappa shape index (κ2) is 4.22. The lowest BCUT2D eigenvalue weighted by atomic mass is 9.98. The summed E-state index contributed by atoms with van der Waals surface area (Å²) in [5, 5.41) is 0.858. The van der Waals surface area contributed by atoms with Gasteiger partial charge in [0.1, 0.15) is 5.75 Å². The standard InChI is InChI=1S/C12H15ClO/c1-14-10-6-7-11(12(13)8-10)9-4-2-3-5-9/h6-9H,2-5H2,1H3. The van der Waals surface area contributed by atoms with Crippen molar-refractivity contribution in [1.82, 2.24) is 0 Å². The number of rotatable bonds is 2. The summed E-state index contributed by atoms with van der Waals surface area (Å²) in [5.41, 5.74) is 1.30. The smallest absolute Gasteiger partial charge is 0.120 e. The van der Waals surface area contributed by atoms with E-state index in [1.807, 2.05) is 12.1 Å². The van der Waals surface area contributed by atoms with Crippen molar-refractivity contribution in [2.75, 3.05) is 7.11 Å². The average Bonchev–Trinajstić information content (AvgIpc) is 2.70. The summed E-state index contributed by atoms with van der Waals surface area (Å²) in [4.78, 5) is 0. The molecule has 0 heterocycles. The molecule has 0 amide bonds. The van der Waals surface area contributed by atoms with Gasteiger partial charge in [0.25, 0.3) is 0 Å². The molecule has 76 valence electrons. The van der Waals surface area contributed by atoms with Crippen molar-refractivity contribution in [2.24, 2.45) is 0 Å². The van der Waals surface area contributed by atoms with Crippen LogP contribution in [-0.2, 0) is 0 Å². The highest BCUT2D eigenvalue weighted by Crippen LogP contribution is 2.38. The van der Waals surface area contributed by atoms with Gasteiger partial charge in [0.05, 0.1) is 7.11 Å². The van der Waals surface area contributed by atoms with Crippen molar-refractivity contribution in [3.63, 3.8) is 0 Å². The molecule has 0 N–H and O–H groups in total. The SMILES string of the molecule is COc1ccc(C2CCCC2)c(Cl)c1. The molecule has 2 rings (SSSR count). The number of hydrogen-bond acceptors (Lipinski definition) is 1. The molecule has 1 saturated carbocycles. The number of ether oxygens (including phenoxy) is 1. The second-order valence-corrected chi connectivity index (χ2v) is 4.28. The van der Waals surface area contributed by atoms with Crippen molar-refractivity contribution in [3.05, 3.63) is 28.8 Å². The first-order chi connectivity index (χ1) is 6.81. The molecular formula is C12H15ClO. The molecule has 0 radical (unpaired) electrons. The predicted molar refractivity (Wildman–Crippen MR) is 59.2 cm³/mol. The molecule has 1 fully saturated rings. The molecular weight excluding hydrogens is 196 g/mol. The lowest BCUT2D eigenvalue weighted by Crippen LogP contribution is -1.94. The second-order valence-electron chi connectivity index (χ2n) is 3.87. The maximum atomic E-state index is 6.21. The topological polar surface area (TPSA) is 9.23 Å². The van der Waals surface area contributed by atoms with Crippen LogP contribution in [0.2, 0.25) is 5.02 Å². The average molecular weight is 211 g/mol. The van der Waals surface area contributed by atoms with Crippen molar-refractivity contribution >= 4 is 11.6 Å². The van der Waals surface area contributed by atoms with Gasteiger partial charge >= 0.3 is 0 Å². The summed E-state index contributed by atoms with van der Waals surface area (Å²) in [6.07, 6.45) is 5.25. The predicted octanol–water partition coefficient (Wildman–Crippen LogP) is 4.01. The Hall–Kier alpha value is -0.690. The quantitative estimate of drug-likeness (QED) is 0.717. The lowest BCUT2D eigenvalue weighted by Gasteiger charge is -2.12. The van der Waals surface area contributed by atoms with E-state index in [1.165, 1.54) is 31.2 Å². The summed E-state index contributed by atoms with van der Waals surface area (Å²) in [6.45, 7) is 0. The summed E-state index contributed by atoms with van der Waals surface area (Å²) in [5.74, 6) is 1.52. The van der Waals surface area contributed by atoms with E-state index < -0.39 is 0 Å². The highest BCUT2D eigenvalue weighted by Gasteiger charge is 2.19. The highest BCUT2D eigenvalue weighted by molar-refractivity contribution is 6.31. The van der Waals surface area contributed by atoms with E-state index in [0.717, 1.165) is 10.8 Å². The summed E-state index contributed by atoms with van der Waals surface area (Å²) >= 11 is 6.21. The van der Waals surface area contributed by atoms with Crippen LogP contribution in [0.5, 0.6) is 5.75 Å². The Kier molecular flexibility index (Phi) is 2.97. The van der Waals surface area contributed by atoms with Crippen LogP contribution in [0.3, 0.4) is 0 Å². The molecule has 0 atom stereocenters. The number of halogens is 1. The molecule has 0 spiro atoms. The third-order valence-corrected chi connectivity index (χ3v) is 3.33. The van der Waals surface area contributed by atoms with Gasteiger partial charge in [-0.3, -0.25) is 0 Å². The molecule has 14 heavy (non-hydrogen) atoms. The minimum Gasteiger partial charge on any atom is -0.497 e. The summed E-state index contributed by atoms with van der Waals surface area (Å²) < 4.78 is 5.13. The zero-order chi connectivity index (χ0) is 9.97. The Morgan fingerprint density at radius 2 is 2.00 bits per heavy atom. The molecule has 2 heteroatoms. The first-order valence-corrected chi connectivity index (χ1v) is 5.52. The van der Waals surface area contributed by atoms with Crippen molar-refractivity contribution < 1.29 is 4.74 Å². The largest absolute Gasteiger partial charge is 0.497 e. The highest BCUT2D eigenvalue weighted by atomic mass is 35.5. The normalized spacial score (nSPS) is 17.3. The minimum atomic E-state index is 0.674. The molecule has 0 bridgehead atoms. The Bertz CT molecular complexity index is 316. The van der Waals surface area contributed by atoms with Gasteiger partial charge in [-0.05, 0) is 36.5 Å². The number of methoxy groups -OCH3 is 1. The van der Waals surface area contributed by atoms with Gasteiger partial charge in [-0.2, -0.15) is 0 Å². The maximum Gasteiger partial charge on any atom is 0.120 e. The lowest BCUT2D eigenvalue weighted by molar-refractivity contribution is 0.414. The van der Waals surface area contributed by atoms with Crippen molar-refractivity contribution in [1.29, 1.82) is 0 Å². The zero-order valence-corrected chi connectivity index (χ0v) is 9.18. The molecule has 0 saturated heterocycles. The number of benzene rings is 1. The fraction of sp³-hybridized carbons (Fsp3) is 0.500. The monoisotopic (exact) mass is 210 g/mol. The van der Waals surface area contributed by atoms with Gasteiger partial charge in [-0.1, -0.05) is 30.5 Å². The van der Waals surface area contributed by atoms with Crippen LogP contribution >= 0.6 is 11.6 Å². The van der Waals surface area contributed by atoms with E-state index in [2.05, 4.69) is 6.07 Å². The molecule has 0 aliphatic heterocycles. The van der Waals surface area contributed by atoms with E-state index >= 15 is 0 Å². The molecule has 0 aromatic heterocycles. The first-order valence-electron chi connectivity index (χ1n) is 5.14. The van der Waals surface area contributed by atoms with Crippen LogP contribution in [0.1, 0.15) is 37.2 Å². The fourth-order valence-electron chi connectivity index (χ4n) is 2.20. The van der Waals surface area contributed by atoms with Crippen molar-refractivity contribution in [3.8, 4) is 5.75 Å². The van der Waals surface area contributed by atoms with Crippen molar-refractivity contribution in [2.45, 2.75) is 31.6 Å². The summed E-state index contributed by atoms with van der Waals surface area (Å²) in [6, 6.07) is 6.02. The van der Waals surface area contributed by atoms with Gasteiger partial charge in [-0.15, -0.1) is 0 Å². The third kappa shape index (κ3) is 1.88. The van der Waals surface area contributed by atoms with Crippen LogP contribution in [0.4, 0.5) is 0 Å².